The molecule has 0 saturated carbocycles. The topological polar surface area (TPSA) is 75.7 Å². The molecule has 0 bridgehead atoms. The van der Waals surface area contributed by atoms with Gasteiger partial charge in [-0.1, -0.05) is 0 Å². The number of piperazine rings is 1. The highest BCUT2D eigenvalue weighted by Crippen LogP contribution is 2.16. The molecular weight excluding hydrogens is 419 g/mol. The SMILES string of the molecule is O=C(c1cncn1-c1ccc(F)cc1)N1CCN(Cc2cc(=O)n3ccsc3n2)CC1. The molecule has 158 valence electrons. The lowest BCUT2D eigenvalue weighted by Gasteiger charge is -2.34. The van der Waals surface area contributed by atoms with E-state index in [2.05, 4.69) is 14.9 Å². The van der Waals surface area contributed by atoms with E-state index in [0.29, 0.717) is 49.1 Å². The van der Waals surface area contributed by atoms with Crippen LogP contribution in [0.4, 0.5) is 4.39 Å². The fourth-order valence-electron chi connectivity index (χ4n) is 3.73. The van der Waals surface area contributed by atoms with E-state index in [1.807, 2.05) is 5.38 Å². The van der Waals surface area contributed by atoms with Crippen LogP contribution in [0.1, 0.15) is 16.2 Å². The van der Waals surface area contributed by atoms with Crippen LogP contribution in [0, 0.1) is 5.82 Å². The Morgan fingerprint density at radius 2 is 1.90 bits per heavy atom. The molecular formula is C21H19FN6O2S. The second kappa shape index (κ2) is 8.05. The highest BCUT2D eigenvalue weighted by molar-refractivity contribution is 7.15. The minimum atomic E-state index is -0.330. The van der Waals surface area contributed by atoms with Crippen LogP contribution in [-0.4, -0.2) is 60.8 Å². The zero-order valence-corrected chi connectivity index (χ0v) is 17.3. The van der Waals surface area contributed by atoms with Gasteiger partial charge in [-0.2, -0.15) is 0 Å². The minimum Gasteiger partial charge on any atom is -0.335 e. The normalized spacial score (nSPS) is 14.9. The second-order valence-corrected chi connectivity index (χ2v) is 8.21. The number of halogens is 1. The van der Waals surface area contributed by atoms with Gasteiger partial charge in [-0.25, -0.2) is 14.4 Å². The predicted octanol–water partition coefficient (Wildman–Crippen LogP) is 2.04. The Hall–Kier alpha value is -3.37. The number of nitrogens with zero attached hydrogens (tertiary/aromatic N) is 6. The molecule has 1 aromatic carbocycles. The zero-order valence-electron chi connectivity index (χ0n) is 16.5. The predicted molar refractivity (Wildman–Crippen MR) is 114 cm³/mol. The van der Waals surface area contributed by atoms with Crippen molar-refractivity contribution < 1.29 is 9.18 Å². The van der Waals surface area contributed by atoms with Crippen molar-refractivity contribution >= 4 is 22.2 Å². The van der Waals surface area contributed by atoms with E-state index in [1.54, 1.807) is 40.2 Å². The highest BCUT2D eigenvalue weighted by atomic mass is 32.1. The van der Waals surface area contributed by atoms with Crippen molar-refractivity contribution in [3.63, 3.8) is 0 Å². The summed E-state index contributed by atoms with van der Waals surface area (Å²) >= 11 is 1.43. The lowest BCUT2D eigenvalue weighted by atomic mass is 10.2. The Morgan fingerprint density at radius 1 is 1.13 bits per heavy atom. The molecule has 1 aliphatic heterocycles. The van der Waals surface area contributed by atoms with Crippen molar-refractivity contribution in [3.8, 4) is 5.69 Å². The first-order valence-electron chi connectivity index (χ1n) is 9.84. The first-order chi connectivity index (χ1) is 15.1. The summed E-state index contributed by atoms with van der Waals surface area (Å²) in [5.74, 6) is -0.443. The van der Waals surface area contributed by atoms with Gasteiger partial charge in [0.05, 0.1) is 18.2 Å². The number of benzene rings is 1. The summed E-state index contributed by atoms with van der Waals surface area (Å²) in [6.45, 7) is 3.06. The summed E-state index contributed by atoms with van der Waals surface area (Å²) in [7, 11) is 0. The van der Waals surface area contributed by atoms with Gasteiger partial charge < -0.3 is 4.90 Å². The van der Waals surface area contributed by atoms with E-state index in [-0.39, 0.29) is 17.3 Å². The van der Waals surface area contributed by atoms with E-state index >= 15 is 0 Å². The number of rotatable bonds is 4. The molecule has 4 aromatic rings. The van der Waals surface area contributed by atoms with Gasteiger partial charge in [0, 0.05) is 56.1 Å². The summed E-state index contributed by atoms with van der Waals surface area (Å²) in [6.07, 6.45) is 4.81. The molecule has 1 amide bonds. The molecule has 31 heavy (non-hydrogen) atoms. The Balaban J connectivity index is 1.25. The smallest absolute Gasteiger partial charge is 0.272 e. The molecule has 10 heteroatoms. The van der Waals surface area contributed by atoms with Gasteiger partial charge >= 0.3 is 0 Å². The fraction of sp³-hybridized carbons (Fsp3) is 0.238. The largest absolute Gasteiger partial charge is 0.335 e. The third-order valence-electron chi connectivity index (χ3n) is 5.36. The number of carbonyl (C=O) groups is 1. The molecule has 0 radical (unpaired) electrons. The Labute approximate surface area is 180 Å². The third-order valence-corrected chi connectivity index (χ3v) is 6.12. The first kappa shape index (κ1) is 19.6. The van der Waals surface area contributed by atoms with Gasteiger partial charge in [-0.3, -0.25) is 23.5 Å². The maximum atomic E-state index is 13.2. The highest BCUT2D eigenvalue weighted by Gasteiger charge is 2.25. The van der Waals surface area contributed by atoms with Gasteiger partial charge in [0.25, 0.3) is 11.5 Å². The molecule has 0 aliphatic carbocycles. The molecule has 1 aliphatic rings. The van der Waals surface area contributed by atoms with Crippen molar-refractivity contribution in [2.24, 2.45) is 0 Å². The van der Waals surface area contributed by atoms with E-state index in [4.69, 9.17) is 0 Å². The average molecular weight is 438 g/mol. The summed E-state index contributed by atoms with van der Waals surface area (Å²) in [6, 6.07) is 7.52. The second-order valence-electron chi connectivity index (χ2n) is 7.33. The molecule has 4 heterocycles. The average Bonchev–Trinajstić information content (AvgIpc) is 3.44. The van der Waals surface area contributed by atoms with Crippen LogP contribution < -0.4 is 5.56 Å². The summed E-state index contributed by atoms with van der Waals surface area (Å²) < 4.78 is 16.4. The van der Waals surface area contributed by atoms with Gasteiger partial charge in [-0.05, 0) is 24.3 Å². The number of imidazole rings is 1. The van der Waals surface area contributed by atoms with Crippen molar-refractivity contribution in [2.45, 2.75) is 6.54 Å². The Kier molecular flexibility index (Phi) is 5.08. The van der Waals surface area contributed by atoms with Crippen LogP contribution in [0.5, 0.6) is 0 Å². The van der Waals surface area contributed by atoms with Crippen molar-refractivity contribution in [2.75, 3.05) is 26.2 Å². The monoisotopic (exact) mass is 438 g/mol. The van der Waals surface area contributed by atoms with Crippen LogP contribution in [0.15, 0.2) is 59.2 Å². The van der Waals surface area contributed by atoms with E-state index < -0.39 is 0 Å². The maximum absolute atomic E-state index is 13.2. The van der Waals surface area contributed by atoms with E-state index in [1.165, 1.54) is 34.1 Å². The number of carbonyl (C=O) groups excluding carboxylic acids is 1. The van der Waals surface area contributed by atoms with Crippen molar-refractivity contribution in [3.05, 3.63) is 82.0 Å². The van der Waals surface area contributed by atoms with Crippen LogP contribution >= 0.6 is 11.3 Å². The number of amides is 1. The van der Waals surface area contributed by atoms with Gasteiger partial charge in [-0.15, -0.1) is 11.3 Å². The van der Waals surface area contributed by atoms with Crippen molar-refractivity contribution in [1.82, 2.24) is 28.7 Å². The standard InChI is InChI=1S/C21H19FN6O2S/c22-15-1-3-17(4-2-15)28-14-23-12-18(28)20(30)26-7-5-25(6-8-26)13-16-11-19(29)27-9-10-31-21(27)24-16/h1-4,9-12,14H,5-8,13H2. The number of aromatic nitrogens is 4. The number of hydrogen-bond acceptors (Lipinski definition) is 6. The third kappa shape index (κ3) is 3.87. The van der Waals surface area contributed by atoms with Crippen LogP contribution in [0.2, 0.25) is 0 Å². The lowest BCUT2D eigenvalue weighted by molar-refractivity contribution is 0.0619. The Morgan fingerprint density at radius 3 is 2.68 bits per heavy atom. The molecule has 0 N–H and O–H groups in total. The van der Waals surface area contributed by atoms with Crippen LogP contribution in [0.25, 0.3) is 10.6 Å². The molecule has 5 rings (SSSR count). The number of thiazole rings is 1. The van der Waals surface area contributed by atoms with Crippen LogP contribution in [-0.2, 0) is 6.54 Å². The quantitative estimate of drug-likeness (QED) is 0.488. The first-order valence-corrected chi connectivity index (χ1v) is 10.7. The van der Waals surface area contributed by atoms with Crippen molar-refractivity contribution in [1.29, 1.82) is 0 Å². The van der Waals surface area contributed by atoms with Crippen LogP contribution in [0.3, 0.4) is 0 Å². The molecule has 0 spiro atoms. The molecule has 0 atom stereocenters. The number of fused-ring (bicyclic) bond motifs is 1. The van der Waals surface area contributed by atoms with Gasteiger partial charge in [0.15, 0.2) is 4.96 Å². The summed E-state index contributed by atoms with van der Waals surface area (Å²) in [4.78, 5) is 38.6. The molecule has 0 unspecified atom stereocenters. The van der Waals surface area contributed by atoms with Gasteiger partial charge in [0.2, 0.25) is 0 Å². The number of hydrogen-bond donors (Lipinski definition) is 0. The maximum Gasteiger partial charge on any atom is 0.272 e. The molecule has 3 aromatic heterocycles. The minimum absolute atomic E-state index is 0.0795. The van der Waals surface area contributed by atoms with E-state index in [9.17, 15) is 14.0 Å². The summed E-state index contributed by atoms with van der Waals surface area (Å²) in [5, 5.41) is 1.84. The fourth-order valence-corrected chi connectivity index (χ4v) is 4.47. The van der Waals surface area contributed by atoms with Gasteiger partial charge in [0.1, 0.15) is 11.5 Å². The summed E-state index contributed by atoms with van der Waals surface area (Å²) in [5.41, 5.74) is 1.78. The molecule has 8 nitrogen and oxygen atoms in total. The van der Waals surface area contributed by atoms with E-state index in [0.717, 1.165) is 5.69 Å². The molecule has 1 fully saturated rings. The Bertz CT molecular complexity index is 1290. The lowest BCUT2D eigenvalue weighted by Crippen LogP contribution is -2.48. The zero-order chi connectivity index (χ0) is 21.4. The molecule has 1 saturated heterocycles.